The lowest BCUT2D eigenvalue weighted by Crippen LogP contribution is -2.00. The number of rotatable bonds is 2. The third-order valence-electron chi connectivity index (χ3n) is 3.93. The molecule has 0 saturated carbocycles. The predicted octanol–water partition coefficient (Wildman–Crippen LogP) is 5.89. The van der Waals surface area contributed by atoms with Gasteiger partial charge in [0.1, 0.15) is 0 Å². The summed E-state index contributed by atoms with van der Waals surface area (Å²) in [6.45, 7) is 4.42. The molecule has 0 radical (unpaired) electrons. The average Bonchev–Trinajstić information content (AvgIpc) is 2.55. The lowest BCUT2D eigenvalue weighted by molar-refractivity contribution is 1.19. The molecule has 0 N–H and O–H groups in total. The van der Waals surface area contributed by atoms with Crippen molar-refractivity contribution in [1.82, 2.24) is 0 Å². The highest BCUT2D eigenvalue weighted by molar-refractivity contribution is 6.03. The molecule has 0 bridgehead atoms. The Morgan fingerprint density at radius 2 is 1.33 bits per heavy atom. The second-order valence-corrected chi connectivity index (χ2v) is 5.61. The molecule has 3 rings (SSSR count). The van der Waals surface area contributed by atoms with Crippen molar-refractivity contribution in [1.29, 1.82) is 0 Å². The van der Waals surface area contributed by atoms with Gasteiger partial charge in [0.15, 0.2) is 0 Å². The third kappa shape index (κ3) is 2.75. The maximum absolute atomic E-state index is 2.27. The first-order chi connectivity index (χ1) is 10.3. The standard InChI is InChI=1S/C21H20/c1-16(2)19-14-9-15-20(17-10-5-3-6-11-17)21(19)18-12-7-4-8-13-18/h3-13,15H,14H2,1-2H3. The largest absolute Gasteiger partial charge is 0.0795 e. The third-order valence-corrected chi connectivity index (χ3v) is 3.93. The van der Waals surface area contributed by atoms with Crippen molar-refractivity contribution < 1.29 is 0 Å². The lowest BCUT2D eigenvalue weighted by Gasteiger charge is -2.21. The van der Waals surface area contributed by atoms with Gasteiger partial charge in [0, 0.05) is 0 Å². The van der Waals surface area contributed by atoms with Gasteiger partial charge < -0.3 is 0 Å². The first-order valence-corrected chi connectivity index (χ1v) is 7.46. The minimum absolute atomic E-state index is 1.02. The Bertz CT molecular complexity index is 709. The van der Waals surface area contributed by atoms with Crippen LogP contribution in [-0.2, 0) is 0 Å². The summed E-state index contributed by atoms with van der Waals surface area (Å²) in [6.07, 6.45) is 5.56. The van der Waals surface area contributed by atoms with Gasteiger partial charge in [0.25, 0.3) is 0 Å². The molecule has 0 unspecified atom stereocenters. The Hall–Kier alpha value is -2.34. The zero-order valence-corrected chi connectivity index (χ0v) is 12.6. The van der Waals surface area contributed by atoms with Crippen LogP contribution in [0.15, 0.2) is 84.0 Å². The van der Waals surface area contributed by atoms with Crippen LogP contribution in [0.25, 0.3) is 11.1 Å². The van der Waals surface area contributed by atoms with Crippen LogP contribution in [0.4, 0.5) is 0 Å². The minimum Gasteiger partial charge on any atom is -0.0795 e. The van der Waals surface area contributed by atoms with E-state index in [1.54, 1.807) is 0 Å². The molecule has 0 aromatic heterocycles. The Morgan fingerprint density at radius 1 is 0.762 bits per heavy atom. The van der Waals surface area contributed by atoms with Gasteiger partial charge >= 0.3 is 0 Å². The van der Waals surface area contributed by atoms with Gasteiger partial charge in [-0.3, -0.25) is 0 Å². The molecule has 0 saturated heterocycles. The first kappa shape index (κ1) is 13.6. The summed E-state index contributed by atoms with van der Waals surface area (Å²) >= 11 is 0. The van der Waals surface area contributed by atoms with Gasteiger partial charge in [0.05, 0.1) is 0 Å². The fourth-order valence-corrected chi connectivity index (χ4v) is 2.89. The van der Waals surface area contributed by atoms with Gasteiger partial charge in [-0.05, 0) is 48.1 Å². The molecule has 0 aliphatic heterocycles. The molecule has 0 fully saturated rings. The van der Waals surface area contributed by atoms with Crippen LogP contribution >= 0.6 is 0 Å². The molecule has 0 spiro atoms. The van der Waals surface area contributed by atoms with E-state index in [1.165, 1.54) is 33.4 Å². The molecule has 0 nitrogen and oxygen atoms in total. The van der Waals surface area contributed by atoms with Crippen molar-refractivity contribution in [2.24, 2.45) is 0 Å². The van der Waals surface area contributed by atoms with Crippen LogP contribution in [0.5, 0.6) is 0 Å². The number of hydrogen-bond donors (Lipinski definition) is 0. The zero-order valence-electron chi connectivity index (χ0n) is 12.6. The second-order valence-electron chi connectivity index (χ2n) is 5.61. The van der Waals surface area contributed by atoms with Gasteiger partial charge in [-0.1, -0.05) is 78.4 Å². The average molecular weight is 272 g/mol. The van der Waals surface area contributed by atoms with E-state index < -0.39 is 0 Å². The van der Waals surface area contributed by atoms with E-state index in [1.807, 2.05) is 0 Å². The summed E-state index contributed by atoms with van der Waals surface area (Å²) in [7, 11) is 0. The molecule has 0 heteroatoms. The summed E-state index contributed by atoms with van der Waals surface area (Å²) in [5.41, 5.74) is 8.13. The summed E-state index contributed by atoms with van der Waals surface area (Å²) in [5, 5.41) is 0. The maximum Gasteiger partial charge on any atom is -0.00709 e. The second kappa shape index (κ2) is 5.97. The minimum atomic E-state index is 1.02. The summed E-state index contributed by atoms with van der Waals surface area (Å²) in [5.74, 6) is 0. The molecular formula is C21H20. The van der Waals surface area contributed by atoms with Crippen LogP contribution in [0, 0.1) is 0 Å². The van der Waals surface area contributed by atoms with E-state index in [-0.39, 0.29) is 0 Å². The molecule has 1 aliphatic rings. The topological polar surface area (TPSA) is 0 Å². The molecule has 0 atom stereocenters. The number of benzene rings is 2. The quantitative estimate of drug-likeness (QED) is 0.639. The van der Waals surface area contributed by atoms with E-state index in [4.69, 9.17) is 0 Å². The van der Waals surface area contributed by atoms with E-state index in [0.29, 0.717) is 0 Å². The van der Waals surface area contributed by atoms with E-state index in [9.17, 15) is 0 Å². The number of allylic oxidation sites excluding steroid dienone is 6. The molecule has 2 aromatic rings. The van der Waals surface area contributed by atoms with Crippen molar-refractivity contribution >= 4 is 11.1 Å². The summed E-state index contributed by atoms with van der Waals surface area (Å²) in [4.78, 5) is 0. The van der Waals surface area contributed by atoms with Crippen LogP contribution in [0.3, 0.4) is 0 Å². The summed E-state index contributed by atoms with van der Waals surface area (Å²) in [6, 6.07) is 21.4. The maximum atomic E-state index is 2.27. The Balaban J connectivity index is 2.28. The fourth-order valence-electron chi connectivity index (χ4n) is 2.89. The molecular weight excluding hydrogens is 252 g/mol. The van der Waals surface area contributed by atoms with Gasteiger partial charge in [-0.2, -0.15) is 0 Å². The number of hydrogen-bond acceptors (Lipinski definition) is 0. The van der Waals surface area contributed by atoms with Crippen molar-refractivity contribution in [3.63, 3.8) is 0 Å². The first-order valence-electron chi connectivity index (χ1n) is 7.46. The molecule has 1 aliphatic carbocycles. The van der Waals surface area contributed by atoms with E-state index >= 15 is 0 Å². The van der Waals surface area contributed by atoms with Crippen LogP contribution < -0.4 is 0 Å². The molecule has 21 heavy (non-hydrogen) atoms. The Labute approximate surface area is 127 Å². The van der Waals surface area contributed by atoms with Gasteiger partial charge in [0.2, 0.25) is 0 Å². The van der Waals surface area contributed by atoms with Crippen molar-refractivity contribution in [3.05, 3.63) is 95.1 Å². The van der Waals surface area contributed by atoms with Crippen LogP contribution in [0.2, 0.25) is 0 Å². The zero-order chi connectivity index (χ0) is 14.7. The predicted molar refractivity (Wildman–Crippen MR) is 91.8 cm³/mol. The lowest BCUT2D eigenvalue weighted by atomic mass is 9.83. The fraction of sp³-hybridized carbons (Fsp3) is 0.143. The van der Waals surface area contributed by atoms with Crippen molar-refractivity contribution in [2.45, 2.75) is 20.3 Å². The molecule has 0 heterocycles. The van der Waals surface area contributed by atoms with E-state index in [0.717, 1.165) is 6.42 Å². The highest BCUT2D eigenvalue weighted by atomic mass is 14.2. The Morgan fingerprint density at radius 3 is 1.90 bits per heavy atom. The monoisotopic (exact) mass is 272 g/mol. The highest BCUT2D eigenvalue weighted by Crippen LogP contribution is 2.39. The van der Waals surface area contributed by atoms with Gasteiger partial charge in [-0.15, -0.1) is 0 Å². The summed E-state index contributed by atoms with van der Waals surface area (Å²) < 4.78 is 0. The van der Waals surface area contributed by atoms with Crippen molar-refractivity contribution in [2.75, 3.05) is 0 Å². The highest BCUT2D eigenvalue weighted by Gasteiger charge is 2.17. The van der Waals surface area contributed by atoms with Crippen LogP contribution in [-0.4, -0.2) is 0 Å². The SMILES string of the molecule is CC(C)=C1CC=CC(c2ccccc2)=C1c1ccccc1. The molecule has 104 valence electrons. The molecule has 2 aromatic carbocycles. The smallest absolute Gasteiger partial charge is 0.00709 e. The van der Waals surface area contributed by atoms with Crippen molar-refractivity contribution in [3.8, 4) is 0 Å². The Kier molecular flexibility index (Phi) is 3.87. The van der Waals surface area contributed by atoms with Gasteiger partial charge in [-0.25, -0.2) is 0 Å². The van der Waals surface area contributed by atoms with E-state index in [2.05, 4.69) is 86.7 Å². The normalized spacial score (nSPS) is 14.5. The molecule has 0 amide bonds. The van der Waals surface area contributed by atoms with Crippen LogP contribution in [0.1, 0.15) is 31.4 Å².